The first-order chi connectivity index (χ1) is 13.7. The van der Waals surface area contributed by atoms with E-state index in [0.29, 0.717) is 19.7 Å². The van der Waals surface area contributed by atoms with Crippen LogP contribution in [0.2, 0.25) is 0 Å². The van der Waals surface area contributed by atoms with Crippen LogP contribution in [0.1, 0.15) is 0 Å². The van der Waals surface area contributed by atoms with Crippen LogP contribution in [0.4, 0.5) is 4.79 Å². The topological polar surface area (TPSA) is 89.5 Å². The Morgan fingerprint density at radius 2 is 1.86 bits per heavy atom. The lowest BCUT2D eigenvalue weighted by Crippen LogP contribution is -2.53. The van der Waals surface area contributed by atoms with Gasteiger partial charge in [-0.1, -0.05) is 18.2 Å². The molecule has 9 nitrogen and oxygen atoms in total. The van der Waals surface area contributed by atoms with Gasteiger partial charge >= 0.3 is 6.03 Å². The van der Waals surface area contributed by atoms with Crippen molar-refractivity contribution in [3.8, 4) is 5.75 Å². The minimum atomic E-state index is -0.326. The number of urea groups is 1. The Morgan fingerprint density at radius 3 is 2.48 bits per heavy atom. The van der Waals surface area contributed by atoms with Crippen LogP contribution in [-0.2, 0) is 4.79 Å². The Balaban J connectivity index is 0.00000300. The van der Waals surface area contributed by atoms with Crippen molar-refractivity contribution >= 4 is 41.9 Å². The van der Waals surface area contributed by atoms with E-state index in [-0.39, 0.29) is 42.5 Å². The predicted octanol–water partition coefficient (Wildman–Crippen LogP) is 0.428. The number of imide groups is 1. The minimum absolute atomic E-state index is 0. The van der Waals surface area contributed by atoms with Crippen LogP contribution in [0.3, 0.4) is 0 Å². The lowest BCUT2D eigenvalue weighted by molar-refractivity contribution is -0.124. The molecule has 2 N–H and O–H groups in total. The number of amides is 3. The van der Waals surface area contributed by atoms with E-state index >= 15 is 0 Å². The quantitative estimate of drug-likeness (QED) is 0.237. The lowest BCUT2D eigenvalue weighted by Gasteiger charge is -2.36. The number of aliphatic imine (C=N–C) groups is 1. The zero-order chi connectivity index (χ0) is 19.8. The van der Waals surface area contributed by atoms with Crippen molar-refractivity contribution in [1.29, 1.82) is 0 Å². The van der Waals surface area contributed by atoms with Crippen molar-refractivity contribution in [3.63, 3.8) is 0 Å². The average molecular weight is 516 g/mol. The Labute approximate surface area is 188 Å². The maximum atomic E-state index is 11.6. The molecule has 1 aromatic rings. The smallest absolute Gasteiger partial charge is 0.324 e. The van der Waals surface area contributed by atoms with E-state index in [1.54, 1.807) is 7.05 Å². The fourth-order valence-corrected chi connectivity index (χ4v) is 3.29. The van der Waals surface area contributed by atoms with Crippen molar-refractivity contribution < 1.29 is 14.3 Å². The molecule has 2 aliphatic rings. The zero-order valence-electron chi connectivity index (χ0n) is 16.7. The first kappa shape index (κ1) is 23.2. The van der Waals surface area contributed by atoms with Gasteiger partial charge in [0, 0.05) is 52.9 Å². The molecule has 0 bridgehead atoms. The highest BCUT2D eigenvalue weighted by Crippen LogP contribution is 2.09. The van der Waals surface area contributed by atoms with Gasteiger partial charge in [0.1, 0.15) is 12.4 Å². The van der Waals surface area contributed by atoms with Gasteiger partial charge in [-0.2, -0.15) is 0 Å². The Kier molecular flexibility index (Phi) is 9.45. The van der Waals surface area contributed by atoms with E-state index in [9.17, 15) is 9.59 Å². The summed E-state index contributed by atoms with van der Waals surface area (Å²) in [6.07, 6.45) is 0. The van der Waals surface area contributed by atoms with Crippen LogP contribution in [0, 0.1) is 0 Å². The summed E-state index contributed by atoms with van der Waals surface area (Å²) in [5.74, 6) is 1.51. The van der Waals surface area contributed by atoms with Crippen molar-refractivity contribution in [1.82, 2.24) is 25.3 Å². The highest BCUT2D eigenvalue weighted by Gasteiger charge is 2.28. The number of rotatable bonds is 7. The van der Waals surface area contributed by atoms with Crippen molar-refractivity contribution in [2.45, 2.75) is 0 Å². The molecule has 3 rings (SSSR count). The molecule has 29 heavy (non-hydrogen) atoms. The van der Waals surface area contributed by atoms with Gasteiger partial charge in [-0.05, 0) is 12.1 Å². The van der Waals surface area contributed by atoms with Gasteiger partial charge in [0.15, 0.2) is 5.96 Å². The number of hydrogen-bond donors (Lipinski definition) is 2. The summed E-state index contributed by atoms with van der Waals surface area (Å²) >= 11 is 0. The second-order valence-corrected chi connectivity index (χ2v) is 6.67. The van der Waals surface area contributed by atoms with Gasteiger partial charge in [-0.3, -0.25) is 19.6 Å². The molecular formula is C19H29IN6O3. The maximum Gasteiger partial charge on any atom is 0.324 e. The van der Waals surface area contributed by atoms with E-state index < -0.39 is 0 Å². The number of guanidine groups is 1. The fraction of sp³-hybridized carbons (Fsp3) is 0.526. The van der Waals surface area contributed by atoms with Crippen LogP contribution in [0.15, 0.2) is 35.3 Å². The van der Waals surface area contributed by atoms with Crippen molar-refractivity contribution in [3.05, 3.63) is 30.3 Å². The number of para-hydroxylation sites is 1. The highest BCUT2D eigenvalue weighted by molar-refractivity contribution is 14.0. The van der Waals surface area contributed by atoms with E-state index in [0.717, 1.165) is 44.4 Å². The Morgan fingerprint density at radius 1 is 1.14 bits per heavy atom. The molecule has 10 heteroatoms. The predicted molar refractivity (Wildman–Crippen MR) is 122 cm³/mol. The minimum Gasteiger partial charge on any atom is -0.492 e. The van der Waals surface area contributed by atoms with E-state index in [1.807, 2.05) is 30.3 Å². The number of carbonyl (C=O) groups excluding carboxylic acids is 2. The number of benzene rings is 1. The molecule has 2 heterocycles. The van der Waals surface area contributed by atoms with E-state index in [4.69, 9.17) is 4.74 Å². The highest BCUT2D eigenvalue weighted by atomic mass is 127. The molecule has 0 radical (unpaired) electrons. The van der Waals surface area contributed by atoms with Crippen LogP contribution in [-0.4, -0.2) is 98.6 Å². The first-order valence-electron chi connectivity index (χ1n) is 9.61. The molecule has 0 spiro atoms. The third-order valence-corrected chi connectivity index (χ3v) is 4.86. The summed E-state index contributed by atoms with van der Waals surface area (Å²) < 4.78 is 5.77. The summed E-state index contributed by atoms with van der Waals surface area (Å²) in [5, 5.41) is 5.77. The van der Waals surface area contributed by atoms with Gasteiger partial charge in [-0.25, -0.2) is 4.79 Å². The molecule has 0 saturated carbocycles. The number of carbonyl (C=O) groups is 2. The van der Waals surface area contributed by atoms with Crippen LogP contribution in [0.25, 0.3) is 0 Å². The zero-order valence-corrected chi connectivity index (χ0v) is 19.0. The van der Waals surface area contributed by atoms with Crippen LogP contribution >= 0.6 is 24.0 Å². The number of halogens is 1. The summed E-state index contributed by atoms with van der Waals surface area (Å²) in [6.45, 7) is 6.07. The summed E-state index contributed by atoms with van der Waals surface area (Å²) in [4.78, 5) is 33.3. The van der Waals surface area contributed by atoms with Gasteiger partial charge in [0.05, 0.1) is 6.54 Å². The number of nitrogens with one attached hydrogen (secondary N) is 2. The second kappa shape index (κ2) is 11.8. The average Bonchev–Trinajstić information content (AvgIpc) is 3.05. The number of ether oxygens (including phenoxy) is 1. The van der Waals surface area contributed by atoms with E-state index in [1.165, 1.54) is 4.90 Å². The van der Waals surface area contributed by atoms with Gasteiger partial charge in [-0.15, -0.1) is 24.0 Å². The summed E-state index contributed by atoms with van der Waals surface area (Å²) in [5.41, 5.74) is 0. The number of hydrogen-bond acceptors (Lipinski definition) is 5. The van der Waals surface area contributed by atoms with E-state index in [2.05, 4.69) is 25.4 Å². The van der Waals surface area contributed by atoms with Crippen LogP contribution < -0.4 is 15.4 Å². The molecule has 2 saturated heterocycles. The largest absolute Gasteiger partial charge is 0.492 e. The molecule has 0 atom stereocenters. The Hall–Kier alpha value is -2.08. The number of piperazine rings is 1. The summed E-state index contributed by atoms with van der Waals surface area (Å²) in [6, 6.07) is 9.52. The third-order valence-electron chi connectivity index (χ3n) is 4.86. The maximum absolute atomic E-state index is 11.6. The first-order valence-corrected chi connectivity index (χ1v) is 9.61. The molecule has 0 aliphatic carbocycles. The monoisotopic (exact) mass is 516 g/mol. The summed E-state index contributed by atoms with van der Waals surface area (Å²) in [7, 11) is 1.75. The van der Waals surface area contributed by atoms with Crippen LogP contribution in [0.5, 0.6) is 5.75 Å². The molecule has 2 aliphatic heterocycles. The SMILES string of the molecule is CN=C(NCCN1C(=O)CNC1=O)N1CCN(CCOc2ccccc2)CC1.I. The molecule has 2 fully saturated rings. The molecule has 0 unspecified atom stereocenters. The van der Waals surface area contributed by atoms with Crippen molar-refractivity contribution in [2.75, 3.05) is 66.0 Å². The number of nitrogens with zero attached hydrogens (tertiary/aromatic N) is 4. The van der Waals surface area contributed by atoms with Crippen molar-refractivity contribution in [2.24, 2.45) is 4.99 Å². The van der Waals surface area contributed by atoms with Gasteiger partial charge in [0.25, 0.3) is 0 Å². The second-order valence-electron chi connectivity index (χ2n) is 6.67. The molecule has 0 aromatic heterocycles. The molecule has 1 aromatic carbocycles. The fourth-order valence-electron chi connectivity index (χ4n) is 3.29. The van der Waals surface area contributed by atoms with Gasteiger partial charge in [0.2, 0.25) is 5.91 Å². The standard InChI is InChI=1S/C19H28N6O3.HI/c1-20-18(21-7-8-25-17(26)15-22-19(25)27)24-11-9-23(10-12-24)13-14-28-16-5-3-2-4-6-16;/h2-6H,7-15H2,1H3,(H,20,21)(H,22,27);1H. The molecule has 160 valence electrons. The normalized spacial score (nSPS) is 17.8. The Bertz CT molecular complexity index is 678. The lowest BCUT2D eigenvalue weighted by atomic mass is 10.3. The van der Waals surface area contributed by atoms with Gasteiger partial charge < -0.3 is 20.3 Å². The molecule has 3 amide bonds. The third kappa shape index (κ3) is 6.74. The molecular weight excluding hydrogens is 487 g/mol.